The summed E-state index contributed by atoms with van der Waals surface area (Å²) in [6, 6.07) is 14.0. The lowest BCUT2D eigenvalue weighted by molar-refractivity contribution is 0.283. The Hall–Kier alpha value is -2.42. The lowest BCUT2D eigenvalue weighted by Crippen LogP contribution is -2.49. The number of rotatable bonds is 1. The molecule has 0 aromatic heterocycles. The molecule has 1 aromatic rings. The number of nitrogens with one attached hydrogen (secondary N) is 1. The van der Waals surface area contributed by atoms with Crippen molar-refractivity contribution in [2.24, 2.45) is 23.2 Å². The number of hydrogen-bond donors (Lipinski definition) is 1. The third-order valence-electron chi connectivity index (χ3n) is 5.45. The second-order valence-corrected chi connectivity index (χ2v) is 7.84. The summed E-state index contributed by atoms with van der Waals surface area (Å²) in [4.78, 5) is 0. The van der Waals surface area contributed by atoms with Crippen LogP contribution < -0.4 is 0 Å². The maximum atomic E-state index is 9.93. The van der Waals surface area contributed by atoms with Gasteiger partial charge in [-0.15, -0.1) is 0 Å². The van der Waals surface area contributed by atoms with Crippen LogP contribution in [0.1, 0.15) is 31.2 Å². The van der Waals surface area contributed by atoms with Crippen molar-refractivity contribution >= 4 is 21.6 Å². The molecule has 1 aromatic carbocycles. The summed E-state index contributed by atoms with van der Waals surface area (Å²) in [6.45, 7) is 2.15. The molecule has 4 atom stereocenters. The molecule has 124 valence electrons. The first-order valence-corrected chi connectivity index (χ1v) is 9.04. The predicted octanol–water partition coefficient (Wildman–Crippen LogP) is 4.71. The van der Waals surface area contributed by atoms with E-state index in [-0.39, 0.29) is 11.6 Å². The van der Waals surface area contributed by atoms with E-state index >= 15 is 0 Å². The van der Waals surface area contributed by atoms with Crippen LogP contribution in [-0.2, 0) is 0 Å². The first-order chi connectivity index (χ1) is 12.0. The molecule has 1 fully saturated rings. The second kappa shape index (κ2) is 6.47. The maximum absolute atomic E-state index is 9.93. The van der Waals surface area contributed by atoms with Crippen molar-refractivity contribution in [3.05, 3.63) is 46.0 Å². The van der Waals surface area contributed by atoms with Crippen molar-refractivity contribution in [3.8, 4) is 18.2 Å². The Labute approximate surface area is 156 Å². The average Bonchev–Trinajstić information content (AvgIpc) is 2.61. The van der Waals surface area contributed by atoms with Gasteiger partial charge in [-0.25, -0.2) is 0 Å². The third-order valence-corrected chi connectivity index (χ3v) is 5.94. The molecule has 0 aliphatic heterocycles. The molecule has 1 N–H and O–H groups in total. The Balaban J connectivity index is 2.28. The Morgan fingerprint density at radius 1 is 1.24 bits per heavy atom. The molecule has 0 heterocycles. The molecule has 2 aliphatic rings. The zero-order valence-electron chi connectivity index (χ0n) is 13.8. The summed E-state index contributed by atoms with van der Waals surface area (Å²) >= 11 is 3.46. The van der Waals surface area contributed by atoms with Crippen molar-refractivity contribution < 1.29 is 0 Å². The SMILES string of the molecule is C[C@@H]1CC=C2C(C#N)C(=N)C(C#N)(C#N)[C@@H](c3cccc(Br)c3)[C@H]2C1. The van der Waals surface area contributed by atoms with E-state index < -0.39 is 17.3 Å². The molecule has 4 nitrogen and oxygen atoms in total. The van der Waals surface area contributed by atoms with Crippen molar-refractivity contribution in [2.75, 3.05) is 0 Å². The fourth-order valence-corrected chi connectivity index (χ4v) is 4.70. The first kappa shape index (κ1) is 17.4. The number of benzene rings is 1. The Kier molecular flexibility index (Phi) is 4.51. The van der Waals surface area contributed by atoms with Crippen molar-refractivity contribution in [2.45, 2.75) is 25.7 Å². The van der Waals surface area contributed by atoms with Gasteiger partial charge in [0.2, 0.25) is 0 Å². The van der Waals surface area contributed by atoms with Crippen LogP contribution in [0.5, 0.6) is 0 Å². The van der Waals surface area contributed by atoms with Crippen LogP contribution in [0.2, 0.25) is 0 Å². The van der Waals surface area contributed by atoms with Crippen molar-refractivity contribution in [1.82, 2.24) is 0 Å². The Morgan fingerprint density at radius 3 is 2.56 bits per heavy atom. The zero-order chi connectivity index (χ0) is 18.2. The van der Waals surface area contributed by atoms with E-state index in [9.17, 15) is 15.8 Å². The van der Waals surface area contributed by atoms with Gasteiger partial charge in [0.15, 0.2) is 5.41 Å². The Morgan fingerprint density at radius 2 is 1.96 bits per heavy atom. The smallest absolute Gasteiger partial charge is 0.189 e. The lowest BCUT2D eigenvalue weighted by atomic mass is 9.52. The largest absolute Gasteiger partial charge is 0.305 e. The van der Waals surface area contributed by atoms with Crippen LogP contribution >= 0.6 is 15.9 Å². The number of nitrogens with zero attached hydrogens (tertiary/aromatic N) is 3. The number of fused-ring (bicyclic) bond motifs is 1. The molecule has 0 radical (unpaired) electrons. The van der Waals surface area contributed by atoms with Crippen LogP contribution in [0, 0.1) is 62.6 Å². The number of hydrogen-bond acceptors (Lipinski definition) is 4. The summed E-state index contributed by atoms with van der Waals surface area (Å²) in [7, 11) is 0. The fraction of sp³-hybridized carbons (Fsp3) is 0.400. The highest BCUT2D eigenvalue weighted by molar-refractivity contribution is 9.10. The van der Waals surface area contributed by atoms with E-state index in [0.717, 1.165) is 28.5 Å². The quantitative estimate of drug-likeness (QED) is 0.700. The highest BCUT2D eigenvalue weighted by Gasteiger charge is 2.57. The van der Waals surface area contributed by atoms with Crippen LogP contribution in [0.4, 0.5) is 0 Å². The molecular weight excluding hydrogens is 376 g/mol. The highest BCUT2D eigenvalue weighted by atomic mass is 79.9. The standard InChI is InChI=1S/C20H17BrN4/c1-12-5-6-15-16(7-12)18(13-3-2-4-14(21)8-13)20(10-23,11-24)19(25)17(15)9-22/h2-4,6,8,12,16-18,25H,5,7H2,1H3/t12-,16+,17?,18+/m1/s1. The van der Waals surface area contributed by atoms with E-state index in [1.54, 1.807) is 0 Å². The summed E-state index contributed by atoms with van der Waals surface area (Å²) in [6.07, 6.45) is 3.75. The van der Waals surface area contributed by atoms with Gasteiger partial charge in [-0.3, -0.25) is 0 Å². The normalized spacial score (nSPS) is 30.2. The molecule has 3 rings (SSSR count). The van der Waals surface area contributed by atoms with Gasteiger partial charge in [-0.1, -0.05) is 41.1 Å². The van der Waals surface area contributed by atoms with Gasteiger partial charge in [0.05, 0.1) is 23.9 Å². The summed E-state index contributed by atoms with van der Waals surface area (Å²) in [5, 5.41) is 38.0. The van der Waals surface area contributed by atoms with Crippen molar-refractivity contribution in [3.63, 3.8) is 0 Å². The molecule has 0 amide bonds. The second-order valence-electron chi connectivity index (χ2n) is 6.93. The zero-order valence-corrected chi connectivity index (χ0v) is 15.4. The Bertz CT molecular complexity index is 866. The molecule has 0 saturated heterocycles. The van der Waals surface area contributed by atoms with E-state index in [2.05, 4.69) is 47.1 Å². The summed E-state index contributed by atoms with van der Waals surface area (Å²) in [5.41, 5.74) is 0.0858. The minimum absolute atomic E-state index is 0.0731. The van der Waals surface area contributed by atoms with E-state index in [1.807, 2.05) is 24.3 Å². The third kappa shape index (κ3) is 2.58. The van der Waals surface area contributed by atoms with Crippen LogP contribution in [0.25, 0.3) is 0 Å². The highest BCUT2D eigenvalue weighted by Crippen LogP contribution is 2.55. The van der Waals surface area contributed by atoms with Gasteiger partial charge in [0, 0.05) is 10.4 Å². The average molecular weight is 393 g/mol. The van der Waals surface area contributed by atoms with Crippen LogP contribution in [0.3, 0.4) is 0 Å². The van der Waals surface area contributed by atoms with Gasteiger partial charge >= 0.3 is 0 Å². The van der Waals surface area contributed by atoms with E-state index in [4.69, 9.17) is 5.41 Å². The molecule has 2 aliphatic carbocycles. The number of nitriles is 3. The molecule has 1 unspecified atom stereocenters. The molecule has 1 saturated carbocycles. The minimum Gasteiger partial charge on any atom is -0.305 e. The van der Waals surface area contributed by atoms with Crippen LogP contribution in [0.15, 0.2) is 40.4 Å². The molecule has 5 heteroatoms. The van der Waals surface area contributed by atoms with Gasteiger partial charge in [0.1, 0.15) is 5.92 Å². The number of halogens is 1. The van der Waals surface area contributed by atoms with E-state index in [1.165, 1.54) is 0 Å². The number of allylic oxidation sites excluding steroid dienone is 2. The molecule has 0 bridgehead atoms. The summed E-state index contributed by atoms with van der Waals surface area (Å²) < 4.78 is 0.873. The van der Waals surface area contributed by atoms with Gasteiger partial charge in [0.25, 0.3) is 0 Å². The monoisotopic (exact) mass is 392 g/mol. The molecule has 0 spiro atoms. The van der Waals surface area contributed by atoms with E-state index in [0.29, 0.717) is 5.92 Å². The lowest BCUT2D eigenvalue weighted by Gasteiger charge is -2.46. The summed E-state index contributed by atoms with van der Waals surface area (Å²) in [5.74, 6) is -0.868. The van der Waals surface area contributed by atoms with Gasteiger partial charge < -0.3 is 5.41 Å². The minimum atomic E-state index is -1.61. The van der Waals surface area contributed by atoms with Gasteiger partial charge in [-0.05, 0) is 47.9 Å². The maximum Gasteiger partial charge on any atom is 0.189 e. The van der Waals surface area contributed by atoms with Gasteiger partial charge in [-0.2, -0.15) is 15.8 Å². The first-order valence-electron chi connectivity index (χ1n) is 8.25. The molecule has 25 heavy (non-hydrogen) atoms. The fourth-order valence-electron chi connectivity index (χ4n) is 4.28. The van der Waals surface area contributed by atoms with Crippen molar-refractivity contribution in [1.29, 1.82) is 21.2 Å². The topological polar surface area (TPSA) is 95.2 Å². The predicted molar refractivity (Wildman–Crippen MR) is 97.3 cm³/mol. The molecular formula is C20H17BrN4. The van der Waals surface area contributed by atoms with Crippen LogP contribution in [-0.4, -0.2) is 5.71 Å².